The predicted octanol–water partition coefficient (Wildman–Crippen LogP) is 2.15. The van der Waals surface area contributed by atoms with Crippen LogP contribution in [0.15, 0.2) is 24.3 Å². The van der Waals surface area contributed by atoms with Gasteiger partial charge in [0.05, 0.1) is 6.54 Å². The van der Waals surface area contributed by atoms with Crippen LogP contribution in [0.3, 0.4) is 0 Å². The standard InChI is InChI=1S/C17H22N2O3/c1-13-4-2-5-14(10-13)15-6-3-7-18(11-15)16(20)12-19-8-9-22-17(19)21/h2,4-5,10,15H,3,6-9,11-12H2,1H3/t15-/m1/s1. The van der Waals surface area contributed by atoms with Crippen molar-refractivity contribution in [3.8, 4) is 0 Å². The van der Waals surface area contributed by atoms with Crippen molar-refractivity contribution in [2.75, 3.05) is 32.8 Å². The van der Waals surface area contributed by atoms with Crippen molar-refractivity contribution in [2.24, 2.45) is 0 Å². The molecule has 5 heteroatoms. The molecule has 0 radical (unpaired) electrons. The van der Waals surface area contributed by atoms with Gasteiger partial charge in [0.15, 0.2) is 0 Å². The summed E-state index contributed by atoms with van der Waals surface area (Å²) in [4.78, 5) is 27.2. The zero-order chi connectivity index (χ0) is 15.5. The highest BCUT2D eigenvalue weighted by molar-refractivity contribution is 5.83. The Balaban J connectivity index is 1.62. The van der Waals surface area contributed by atoms with Crippen molar-refractivity contribution in [1.29, 1.82) is 0 Å². The van der Waals surface area contributed by atoms with Gasteiger partial charge in [-0.05, 0) is 25.3 Å². The van der Waals surface area contributed by atoms with Gasteiger partial charge in [-0.2, -0.15) is 0 Å². The first-order chi connectivity index (χ1) is 10.6. The third-order valence-corrected chi connectivity index (χ3v) is 4.46. The lowest BCUT2D eigenvalue weighted by Gasteiger charge is -2.34. The fourth-order valence-corrected chi connectivity index (χ4v) is 3.23. The third-order valence-electron chi connectivity index (χ3n) is 4.46. The Kier molecular flexibility index (Phi) is 4.32. The van der Waals surface area contributed by atoms with Crippen LogP contribution in [0.25, 0.3) is 0 Å². The summed E-state index contributed by atoms with van der Waals surface area (Å²) < 4.78 is 4.87. The lowest BCUT2D eigenvalue weighted by Crippen LogP contribution is -2.44. The monoisotopic (exact) mass is 302 g/mol. The molecule has 0 N–H and O–H groups in total. The number of hydrogen-bond donors (Lipinski definition) is 0. The van der Waals surface area contributed by atoms with Gasteiger partial charge in [0, 0.05) is 19.0 Å². The molecule has 22 heavy (non-hydrogen) atoms. The fraction of sp³-hybridized carbons (Fsp3) is 0.529. The van der Waals surface area contributed by atoms with Gasteiger partial charge in [-0.25, -0.2) is 4.79 Å². The number of cyclic esters (lactones) is 1. The SMILES string of the molecule is Cc1cccc([C@@H]2CCCN(C(=O)CN3CCOC3=O)C2)c1. The largest absolute Gasteiger partial charge is 0.448 e. The van der Waals surface area contributed by atoms with E-state index < -0.39 is 0 Å². The predicted molar refractivity (Wildman–Crippen MR) is 82.7 cm³/mol. The number of likely N-dealkylation sites (tertiary alicyclic amines) is 1. The molecule has 1 aromatic rings. The van der Waals surface area contributed by atoms with Gasteiger partial charge in [0.25, 0.3) is 0 Å². The molecule has 2 saturated heterocycles. The maximum absolute atomic E-state index is 12.4. The molecule has 1 atom stereocenters. The molecule has 0 aliphatic carbocycles. The second-order valence-electron chi connectivity index (χ2n) is 6.13. The summed E-state index contributed by atoms with van der Waals surface area (Å²) in [5.74, 6) is 0.416. The van der Waals surface area contributed by atoms with Crippen molar-refractivity contribution >= 4 is 12.0 Å². The van der Waals surface area contributed by atoms with E-state index in [4.69, 9.17) is 4.74 Å². The maximum Gasteiger partial charge on any atom is 0.410 e. The minimum absolute atomic E-state index is 0.0243. The molecule has 118 valence electrons. The van der Waals surface area contributed by atoms with Crippen LogP contribution in [-0.4, -0.2) is 54.6 Å². The van der Waals surface area contributed by atoms with Crippen molar-refractivity contribution in [3.05, 3.63) is 35.4 Å². The average molecular weight is 302 g/mol. The van der Waals surface area contributed by atoms with Gasteiger partial charge < -0.3 is 9.64 Å². The molecule has 2 heterocycles. The number of hydrogen-bond acceptors (Lipinski definition) is 3. The van der Waals surface area contributed by atoms with Crippen LogP contribution in [0, 0.1) is 6.92 Å². The number of ether oxygens (including phenoxy) is 1. The lowest BCUT2D eigenvalue weighted by atomic mass is 9.90. The van der Waals surface area contributed by atoms with Gasteiger partial charge in [0.2, 0.25) is 5.91 Å². The van der Waals surface area contributed by atoms with Gasteiger partial charge in [-0.1, -0.05) is 29.8 Å². The van der Waals surface area contributed by atoms with Crippen LogP contribution < -0.4 is 0 Å². The first kappa shape index (κ1) is 14.9. The molecule has 0 unspecified atom stereocenters. The highest BCUT2D eigenvalue weighted by Crippen LogP contribution is 2.27. The van der Waals surface area contributed by atoms with Gasteiger partial charge in [-0.15, -0.1) is 0 Å². The summed E-state index contributed by atoms with van der Waals surface area (Å²) in [6.07, 6.45) is 1.74. The van der Waals surface area contributed by atoms with Crippen LogP contribution in [0.2, 0.25) is 0 Å². The van der Waals surface area contributed by atoms with Gasteiger partial charge >= 0.3 is 6.09 Å². The molecule has 2 amide bonds. The van der Waals surface area contributed by atoms with Crippen LogP contribution in [-0.2, 0) is 9.53 Å². The summed E-state index contributed by atoms with van der Waals surface area (Å²) in [6, 6.07) is 8.51. The normalized spacial score (nSPS) is 21.9. The number of aryl methyl sites for hydroxylation is 1. The number of carbonyl (C=O) groups is 2. The van der Waals surface area contributed by atoms with Gasteiger partial charge in [0.1, 0.15) is 13.2 Å². The smallest absolute Gasteiger partial charge is 0.410 e. The Hall–Kier alpha value is -2.04. The van der Waals surface area contributed by atoms with Crippen LogP contribution in [0.5, 0.6) is 0 Å². The molecule has 0 spiro atoms. The Morgan fingerprint density at radius 2 is 2.23 bits per heavy atom. The number of nitrogens with zero attached hydrogens (tertiary/aromatic N) is 2. The number of benzene rings is 1. The van der Waals surface area contributed by atoms with E-state index in [-0.39, 0.29) is 18.5 Å². The lowest BCUT2D eigenvalue weighted by molar-refractivity contribution is -0.132. The number of amides is 2. The van der Waals surface area contributed by atoms with Crippen LogP contribution in [0.4, 0.5) is 4.79 Å². The van der Waals surface area contributed by atoms with Gasteiger partial charge in [-0.3, -0.25) is 9.69 Å². The third kappa shape index (κ3) is 3.24. The van der Waals surface area contributed by atoms with E-state index in [0.29, 0.717) is 19.1 Å². The summed E-state index contributed by atoms with van der Waals surface area (Å²) in [7, 11) is 0. The van der Waals surface area contributed by atoms with Crippen molar-refractivity contribution in [3.63, 3.8) is 0 Å². The minimum atomic E-state index is -0.374. The summed E-state index contributed by atoms with van der Waals surface area (Å²) in [6.45, 7) is 4.65. The fourth-order valence-electron chi connectivity index (χ4n) is 3.23. The van der Waals surface area contributed by atoms with Crippen molar-refractivity contribution in [1.82, 2.24) is 9.80 Å². The maximum atomic E-state index is 12.4. The number of piperidine rings is 1. The number of rotatable bonds is 3. The minimum Gasteiger partial charge on any atom is -0.448 e. The summed E-state index contributed by atoms with van der Waals surface area (Å²) in [5.41, 5.74) is 2.55. The van der Waals surface area contributed by atoms with Crippen molar-refractivity contribution < 1.29 is 14.3 Å². The van der Waals surface area contributed by atoms with E-state index >= 15 is 0 Å². The summed E-state index contributed by atoms with van der Waals surface area (Å²) >= 11 is 0. The van der Waals surface area contributed by atoms with E-state index in [2.05, 4.69) is 31.2 Å². The molecular formula is C17H22N2O3. The Morgan fingerprint density at radius 1 is 1.36 bits per heavy atom. The Morgan fingerprint density at radius 3 is 2.95 bits per heavy atom. The van der Waals surface area contributed by atoms with E-state index in [1.165, 1.54) is 16.0 Å². The zero-order valence-corrected chi connectivity index (χ0v) is 13.0. The molecule has 2 aliphatic heterocycles. The molecule has 1 aromatic carbocycles. The second-order valence-corrected chi connectivity index (χ2v) is 6.13. The highest BCUT2D eigenvalue weighted by Gasteiger charge is 2.29. The highest BCUT2D eigenvalue weighted by atomic mass is 16.6. The topological polar surface area (TPSA) is 49.9 Å². The first-order valence-electron chi connectivity index (χ1n) is 7.89. The first-order valence-corrected chi connectivity index (χ1v) is 7.89. The zero-order valence-electron chi connectivity index (χ0n) is 13.0. The van der Waals surface area contributed by atoms with E-state index in [9.17, 15) is 9.59 Å². The molecular weight excluding hydrogens is 280 g/mol. The van der Waals surface area contributed by atoms with E-state index in [1.54, 1.807) is 0 Å². The molecule has 5 nitrogen and oxygen atoms in total. The average Bonchev–Trinajstić information content (AvgIpc) is 2.92. The quantitative estimate of drug-likeness (QED) is 0.859. The van der Waals surface area contributed by atoms with Crippen LogP contribution in [0.1, 0.15) is 29.9 Å². The van der Waals surface area contributed by atoms with E-state index in [1.807, 2.05) is 4.90 Å². The molecule has 2 fully saturated rings. The van der Waals surface area contributed by atoms with Crippen LogP contribution >= 0.6 is 0 Å². The molecule has 0 aromatic heterocycles. The molecule has 0 saturated carbocycles. The summed E-state index contributed by atoms with van der Waals surface area (Å²) in [5, 5.41) is 0. The van der Waals surface area contributed by atoms with E-state index in [0.717, 1.165) is 25.9 Å². The Bertz CT molecular complexity index is 573. The molecule has 2 aliphatic rings. The molecule has 3 rings (SSSR count). The number of carbonyl (C=O) groups excluding carboxylic acids is 2. The molecule has 0 bridgehead atoms. The Labute approximate surface area is 130 Å². The second kappa shape index (κ2) is 6.38. The van der Waals surface area contributed by atoms with Crippen molar-refractivity contribution in [2.45, 2.75) is 25.7 Å².